The van der Waals surface area contributed by atoms with Crippen LogP contribution in [0.3, 0.4) is 0 Å². The molecule has 0 aliphatic heterocycles. The number of phenols is 1. The highest BCUT2D eigenvalue weighted by Crippen LogP contribution is 2.21. The lowest BCUT2D eigenvalue weighted by atomic mass is 10.1. The summed E-state index contributed by atoms with van der Waals surface area (Å²) in [7, 11) is 0. The standard InChI is InChI=1S/C16H16INO2/c1-2-18(11-12-6-4-3-5-7-12)16(20)13-8-9-14(17)15(19)10-13/h3-10,19H,2,11H2,1H3. The molecule has 104 valence electrons. The van der Waals surface area contributed by atoms with Crippen LogP contribution in [0.25, 0.3) is 0 Å². The van der Waals surface area contributed by atoms with E-state index >= 15 is 0 Å². The first-order valence-electron chi connectivity index (χ1n) is 6.43. The Morgan fingerprint density at radius 2 is 1.90 bits per heavy atom. The minimum absolute atomic E-state index is 0.0666. The summed E-state index contributed by atoms with van der Waals surface area (Å²) in [6.07, 6.45) is 0. The Balaban J connectivity index is 2.18. The van der Waals surface area contributed by atoms with Crippen LogP contribution < -0.4 is 0 Å². The lowest BCUT2D eigenvalue weighted by Gasteiger charge is -2.21. The van der Waals surface area contributed by atoms with Crippen LogP contribution >= 0.6 is 22.6 Å². The Morgan fingerprint density at radius 1 is 1.20 bits per heavy atom. The van der Waals surface area contributed by atoms with Gasteiger partial charge in [0.2, 0.25) is 0 Å². The molecule has 0 aliphatic rings. The highest BCUT2D eigenvalue weighted by molar-refractivity contribution is 14.1. The molecule has 0 aromatic heterocycles. The summed E-state index contributed by atoms with van der Waals surface area (Å²) in [4.78, 5) is 14.2. The Labute approximate surface area is 132 Å². The molecule has 0 unspecified atom stereocenters. The molecule has 0 fully saturated rings. The molecule has 2 aromatic rings. The van der Waals surface area contributed by atoms with Crippen molar-refractivity contribution in [3.8, 4) is 5.75 Å². The molecule has 4 heteroatoms. The van der Waals surface area contributed by atoms with Crippen LogP contribution in [-0.2, 0) is 6.54 Å². The normalized spacial score (nSPS) is 10.3. The van der Waals surface area contributed by atoms with Gasteiger partial charge in [-0.15, -0.1) is 0 Å². The van der Waals surface area contributed by atoms with Gasteiger partial charge in [0.25, 0.3) is 5.91 Å². The number of hydrogen-bond acceptors (Lipinski definition) is 2. The van der Waals surface area contributed by atoms with Crippen LogP contribution in [0, 0.1) is 3.57 Å². The van der Waals surface area contributed by atoms with Crippen LogP contribution in [0.15, 0.2) is 48.5 Å². The summed E-state index contributed by atoms with van der Waals surface area (Å²) in [6.45, 7) is 3.15. The number of halogens is 1. The minimum atomic E-state index is -0.0666. The minimum Gasteiger partial charge on any atom is -0.507 e. The summed E-state index contributed by atoms with van der Waals surface area (Å²) in [5.41, 5.74) is 1.61. The van der Waals surface area contributed by atoms with E-state index in [1.165, 1.54) is 6.07 Å². The average molecular weight is 381 g/mol. The third-order valence-electron chi connectivity index (χ3n) is 3.08. The van der Waals surface area contributed by atoms with Gasteiger partial charge >= 0.3 is 0 Å². The van der Waals surface area contributed by atoms with E-state index in [4.69, 9.17) is 0 Å². The summed E-state index contributed by atoms with van der Waals surface area (Å²) in [5, 5.41) is 9.71. The Bertz CT molecular complexity index is 599. The van der Waals surface area contributed by atoms with Crippen molar-refractivity contribution >= 4 is 28.5 Å². The Kier molecular flexibility index (Phi) is 5.00. The van der Waals surface area contributed by atoms with Gasteiger partial charge in [0.1, 0.15) is 5.75 Å². The van der Waals surface area contributed by atoms with Gasteiger partial charge in [-0.1, -0.05) is 30.3 Å². The van der Waals surface area contributed by atoms with Crippen LogP contribution in [-0.4, -0.2) is 22.5 Å². The second-order valence-corrected chi connectivity index (χ2v) is 5.63. The molecular weight excluding hydrogens is 365 g/mol. The van der Waals surface area contributed by atoms with Crippen molar-refractivity contribution in [2.24, 2.45) is 0 Å². The molecule has 3 nitrogen and oxygen atoms in total. The van der Waals surface area contributed by atoms with Crippen molar-refractivity contribution in [1.29, 1.82) is 0 Å². The second-order valence-electron chi connectivity index (χ2n) is 4.47. The molecule has 0 atom stereocenters. The fourth-order valence-electron chi connectivity index (χ4n) is 1.96. The zero-order valence-corrected chi connectivity index (χ0v) is 13.4. The van der Waals surface area contributed by atoms with Gasteiger partial charge in [-0.25, -0.2) is 0 Å². The number of amides is 1. The van der Waals surface area contributed by atoms with E-state index in [1.54, 1.807) is 17.0 Å². The summed E-state index contributed by atoms with van der Waals surface area (Å²) >= 11 is 2.03. The molecule has 1 N–H and O–H groups in total. The maximum Gasteiger partial charge on any atom is 0.254 e. The number of hydrogen-bond donors (Lipinski definition) is 1. The van der Waals surface area contributed by atoms with E-state index in [0.29, 0.717) is 18.7 Å². The van der Waals surface area contributed by atoms with Crippen LogP contribution in [0.4, 0.5) is 0 Å². The molecule has 1 amide bonds. The molecule has 2 aromatic carbocycles. The fourth-order valence-corrected chi connectivity index (χ4v) is 2.29. The van der Waals surface area contributed by atoms with Gasteiger partial charge in [-0.05, 0) is 53.3 Å². The zero-order chi connectivity index (χ0) is 14.5. The Hall–Kier alpha value is -1.56. The molecular formula is C16H16INO2. The topological polar surface area (TPSA) is 40.5 Å². The van der Waals surface area contributed by atoms with Gasteiger partial charge < -0.3 is 10.0 Å². The predicted octanol–water partition coefficient (Wildman–Crippen LogP) is 3.66. The molecule has 0 bridgehead atoms. The first-order valence-corrected chi connectivity index (χ1v) is 7.51. The molecule has 0 heterocycles. The van der Waals surface area contributed by atoms with Gasteiger partial charge in [-0.3, -0.25) is 4.79 Å². The first-order chi connectivity index (χ1) is 9.61. The summed E-state index contributed by atoms with van der Waals surface area (Å²) < 4.78 is 0.741. The maximum atomic E-state index is 12.5. The van der Waals surface area contributed by atoms with Gasteiger partial charge in [0.15, 0.2) is 0 Å². The third kappa shape index (κ3) is 3.50. The largest absolute Gasteiger partial charge is 0.507 e. The SMILES string of the molecule is CCN(Cc1ccccc1)C(=O)c1ccc(I)c(O)c1. The number of benzene rings is 2. The van der Waals surface area contributed by atoms with Crippen molar-refractivity contribution in [2.75, 3.05) is 6.54 Å². The molecule has 0 radical (unpaired) electrons. The summed E-state index contributed by atoms with van der Waals surface area (Å²) in [6, 6.07) is 14.9. The average Bonchev–Trinajstić information content (AvgIpc) is 2.48. The van der Waals surface area contributed by atoms with Crippen molar-refractivity contribution in [3.63, 3.8) is 0 Å². The van der Waals surface area contributed by atoms with E-state index < -0.39 is 0 Å². The van der Waals surface area contributed by atoms with Crippen LogP contribution in [0.5, 0.6) is 5.75 Å². The Morgan fingerprint density at radius 3 is 2.50 bits per heavy atom. The van der Waals surface area contributed by atoms with E-state index in [-0.39, 0.29) is 11.7 Å². The number of nitrogens with zero attached hydrogens (tertiary/aromatic N) is 1. The molecule has 0 aliphatic carbocycles. The predicted molar refractivity (Wildman–Crippen MR) is 87.7 cm³/mol. The third-order valence-corrected chi connectivity index (χ3v) is 3.99. The van der Waals surface area contributed by atoms with E-state index in [2.05, 4.69) is 0 Å². The fraction of sp³-hybridized carbons (Fsp3) is 0.188. The number of carbonyl (C=O) groups excluding carboxylic acids is 1. The first kappa shape index (κ1) is 14.8. The number of phenolic OH excluding ortho intramolecular Hbond substituents is 1. The van der Waals surface area contributed by atoms with E-state index in [9.17, 15) is 9.90 Å². The van der Waals surface area contributed by atoms with E-state index in [0.717, 1.165) is 9.13 Å². The van der Waals surface area contributed by atoms with Gasteiger partial charge in [-0.2, -0.15) is 0 Å². The van der Waals surface area contributed by atoms with Crippen molar-refractivity contribution in [3.05, 3.63) is 63.2 Å². The zero-order valence-electron chi connectivity index (χ0n) is 11.2. The van der Waals surface area contributed by atoms with Crippen LogP contribution in [0.2, 0.25) is 0 Å². The molecule has 0 saturated heterocycles. The molecule has 0 saturated carbocycles. The van der Waals surface area contributed by atoms with Crippen molar-refractivity contribution in [1.82, 2.24) is 4.90 Å². The van der Waals surface area contributed by atoms with E-state index in [1.807, 2.05) is 59.8 Å². The molecule has 20 heavy (non-hydrogen) atoms. The highest BCUT2D eigenvalue weighted by Gasteiger charge is 2.15. The second kappa shape index (κ2) is 6.74. The number of carbonyl (C=O) groups is 1. The number of rotatable bonds is 4. The molecule has 0 spiro atoms. The quantitative estimate of drug-likeness (QED) is 0.822. The smallest absolute Gasteiger partial charge is 0.254 e. The number of aromatic hydroxyl groups is 1. The van der Waals surface area contributed by atoms with Gasteiger partial charge in [0.05, 0.1) is 3.57 Å². The monoisotopic (exact) mass is 381 g/mol. The molecule has 2 rings (SSSR count). The van der Waals surface area contributed by atoms with Crippen molar-refractivity contribution in [2.45, 2.75) is 13.5 Å². The summed E-state index contributed by atoms with van der Waals surface area (Å²) in [5.74, 6) is 0.0790. The lowest BCUT2D eigenvalue weighted by molar-refractivity contribution is 0.0752. The highest BCUT2D eigenvalue weighted by atomic mass is 127. The van der Waals surface area contributed by atoms with Gasteiger partial charge in [0, 0.05) is 18.7 Å². The van der Waals surface area contributed by atoms with Crippen LogP contribution in [0.1, 0.15) is 22.8 Å². The maximum absolute atomic E-state index is 12.5. The van der Waals surface area contributed by atoms with Crippen molar-refractivity contribution < 1.29 is 9.90 Å². The lowest BCUT2D eigenvalue weighted by Crippen LogP contribution is -2.30.